The summed E-state index contributed by atoms with van der Waals surface area (Å²) < 4.78 is 6.45. The smallest absolute Gasteiger partial charge is 0.169 e. The molecule has 2 nitrogen and oxygen atoms in total. The zero-order valence-corrected chi connectivity index (χ0v) is 12.4. The number of aryl methyl sites for hydroxylation is 1. The van der Waals surface area contributed by atoms with Crippen LogP contribution in [-0.2, 0) is 0 Å². The summed E-state index contributed by atoms with van der Waals surface area (Å²) in [5, 5.41) is 3.52. The zero-order chi connectivity index (χ0) is 12.3. The Balaban J connectivity index is 2.24. The van der Waals surface area contributed by atoms with Gasteiger partial charge in [-0.2, -0.15) is 0 Å². The second-order valence-electron chi connectivity index (χ2n) is 3.98. The van der Waals surface area contributed by atoms with Gasteiger partial charge in [0.15, 0.2) is 4.67 Å². The molecule has 2 rings (SSSR count). The van der Waals surface area contributed by atoms with E-state index in [0.29, 0.717) is 0 Å². The molecular weight excluding hydrogens is 298 g/mol. The van der Waals surface area contributed by atoms with Gasteiger partial charge in [-0.05, 0) is 60.1 Å². The lowest BCUT2D eigenvalue weighted by Gasteiger charge is -2.14. The molecule has 1 atom stereocenters. The van der Waals surface area contributed by atoms with Crippen LogP contribution >= 0.6 is 27.3 Å². The van der Waals surface area contributed by atoms with Crippen molar-refractivity contribution in [3.05, 3.63) is 44.4 Å². The Morgan fingerprint density at radius 3 is 2.71 bits per heavy atom. The number of hydrogen-bond donors (Lipinski definition) is 1. The lowest BCUT2D eigenvalue weighted by Crippen LogP contribution is -2.21. The van der Waals surface area contributed by atoms with Crippen molar-refractivity contribution in [3.63, 3.8) is 0 Å². The summed E-state index contributed by atoms with van der Waals surface area (Å²) in [6, 6.07) is 8.45. The van der Waals surface area contributed by atoms with E-state index in [2.05, 4.69) is 47.2 Å². The molecule has 2 heterocycles. The largest absolute Gasteiger partial charge is 0.452 e. The van der Waals surface area contributed by atoms with Crippen LogP contribution in [0.25, 0.3) is 0 Å². The quantitative estimate of drug-likeness (QED) is 0.879. The maximum Gasteiger partial charge on any atom is 0.169 e. The van der Waals surface area contributed by atoms with Crippen LogP contribution in [0.1, 0.15) is 34.9 Å². The Hall–Kier alpha value is -0.580. The van der Waals surface area contributed by atoms with Crippen LogP contribution in [0.5, 0.6) is 0 Å². The lowest BCUT2D eigenvalue weighted by molar-refractivity contribution is 0.436. The lowest BCUT2D eigenvalue weighted by atomic mass is 10.2. The fourth-order valence-electron chi connectivity index (χ4n) is 1.72. The van der Waals surface area contributed by atoms with Crippen LogP contribution in [-0.4, -0.2) is 6.54 Å². The molecule has 1 unspecified atom stereocenters. The average molecular weight is 314 g/mol. The summed E-state index contributed by atoms with van der Waals surface area (Å²) in [6.07, 6.45) is 1.11. The summed E-state index contributed by atoms with van der Waals surface area (Å²) in [5.41, 5.74) is 0. The molecule has 0 radical (unpaired) electrons. The van der Waals surface area contributed by atoms with E-state index in [0.717, 1.165) is 23.4 Å². The van der Waals surface area contributed by atoms with Crippen LogP contribution in [0.15, 0.2) is 33.4 Å². The molecule has 0 bridgehead atoms. The van der Waals surface area contributed by atoms with E-state index in [1.54, 1.807) is 0 Å². The highest BCUT2D eigenvalue weighted by Crippen LogP contribution is 2.30. The molecule has 4 heteroatoms. The second-order valence-corrected chi connectivity index (χ2v) is 6.08. The molecule has 17 heavy (non-hydrogen) atoms. The number of thiophene rings is 1. The van der Waals surface area contributed by atoms with Gasteiger partial charge in [-0.25, -0.2) is 0 Å². The Labute approximate surface area is 114 Å². The fraction of sp³-hybridized carbons (Fsp3) is 0.385. The molecule has 1 N–H and O–H groups in total. The second kappa shape index (κ2) is 5.85. The normalized spacial score (nSPS) is 12.9. The predicted octanol–water partition coefficient (Wildman–Crippen LogP) is 4.50. The van der Waals surface area contributed by atoms with Crippen molar-refractivity contribution in [2.24, 2.45) is 0 Å². The van der Waals surface area contributed by atoms with Crippen LogP contribution in [0, 0.1) is 6.92 Å². The third-order valence-electron chi connectivity index (χ3n) is 2.52. The third kappa shape index (κ3) is 3.21. The molecule has 0 aliphatic heterocycles. The van der Waals surface area contributed by atoms with E-state index < -0.39 is 0 Å². The standard InChI is InChI=1S/C13H16BrNOS/c1-3-8-15-13(10-5-7-12(14)16-10)11-6-4-9(2)17-11/h4-7,13,15H,3,8H2,1-2H3. The van der Waals surface area contributed by atoms with E-state index in [4.69, 9.17) is 4.42 Å². The minimum absolute atomic E-state index is 0.167. The van der Waals surface area contributed by atoms with Crippen molar-refractivity contribution in [3.8, 4) is 0 Å². The first kappa shape index (κ1) is 12.9. The van der Waals surface area contributed by atoms with Gasteiger partial charge in [-0.1, -0.05) is 6.92 Å². The minimum atomic E-state index is 0.167. The van der Waals surface area contributed by atoms with Gasteiger partial charge in [0.05, 0.1) is 0 Å². The molecule has 0 saturated carbocycles. The van der Waals surface area contributed by atoms with Crippen molar-refractivity contribution in [1.29, 1.82) is 0 Å². The van der Waals surface area contributed by atoms with Gasteiger partial charge in [0.2, 0.25) is 0 Å². The van der Waals surface area contributed by atoms with Crippen molar-refractivity contribution >= 4 is 27.3 Å². The van der Waals surface area contributed by atoms with E-state index in [9.17, 15) is 0 Å². The Morgan fingerprint density at radius 2 is 2.18 bits per heavy atom. The van der Waals surface area contributed by atoms with Gasteiger partial charge >= 0.3 is 0 Å². The molecule has 0 fully saturated rings. The minimum Gasteiger partial charge on any atom is -0.452 e. The topological polar surface area (TPSA) is 25.2 Å². The summed E-state index contributed by atoms with van der Waals surface area (Å²) in [6.45, 7) is 5.28. The monoisotopic (exact) mass is 313 g/mol. The van der Waals surface area contributed by atoms with Crippen LogP contribution < -0.4 is 5.32 Å². The molecule has 0 spiro atoms. The van der Waals surface area contributed by atoms with Gasteiger partial charge in [-0.15, -0.1) is 11.3 Å². The first-order valence-corrected chi connectivity index (χ1v) is 7.36. The molecule has 0 aliphatic rings. The van der Waals surface area contributed by atoms with Crippen molar-refractivity contribution < 1.29 is 4.42 Å². The molecule has 2 aromatic rings. The molecule has 0 saturated heterocycles. The highest BCUT2D eigenvalue weighted by Gasteiger charge is 2.18. The molecular formula is C13H16BrNOS. The van der Waals surface area contributed by atoms with E-state index in [-0.39, 0.29) is 6.04 Å². The van der Waals surface area contributed by atoms with Gasteiger partial charge in [-0.3, -0.25) is 0 Å². The maximum absolute atomic E-state index is 5.67. The highest BCUT2D eigenvalue weighted by molar-refractivity contribution is 9.10. The molecule has 2 aromatic heterocycles. The van der Waals surface area contributed by atoms with Gasteiger partial charge < -0.3 is 9.73 Å². The number of furan rings is 1. The molecule has 0 aliphatic carbocycles. The van der Waals surface area contributed by atoms with Crippen molar-refractivity contribution in [2.45, 2.75) is 26.3 Å². The van der Waals surface area contributed by atoms with Crippen LogP contribution in [0.2, 0.25) is 0 Å². The Morgan fingerprint density at radius 1 is 1.35 bits per heavy atom. The van der Waals surface area contributed by atoms with Crippen LogP contribution in [0.3, 0.4) is 0 Å². The third-order valence-corrected chi connectivity index (χ3v) is 4.01. The van der Waals surface area contributed by atoms with Gasteiger partial charge in [0.1, 0.15) is 11.8 Å². The summed E-state index contributed by atoms with van der Waals surface area (Å²) >= 11 is 5.17. The molecule has 0 amide bonds. The fourth-order valence-corrected chi connectivity index (χ4v) is 3.00. The van der Waals surface area contributed by atoms with E-state index >= 15 is 0 Å². The van der Waals surface area contributed by atoms with Gasteiger partial charge in [0.25, 0.3) is 0 Å². The highest BCUT2D eigenvalue weighted by atomic mass is 79.9. The van der Waals surface area contributed by atoms with Crippen LogP contribution in [0.4, 0.5) is 0 Å². The van der Waals surface area contributed by atoms with E-state index in [1.165, 1.54) is 9.75 Å². The average Bonchev–Trinajstić information content (AvgIpc) is 2.89. The van der Waals surface area contributed by atoms with Crippen molar-refractivity contribution in [1.82, 2.24) is 5.32 Å². The number of rotatable bonds is 5. The summed E-state index contributed by atoms with van der Waals surface area (Å²) in [5.74, 6) is 0.965. The Kier molecular flexibility index (Phi) is 4.42. The number of halogens is 1. The van der Waals surface area contributed by atoms with E-state index in [1.807, 2.05) is 23.5 Å². The first-order valence-electron chi connectivity index (χ1n) is 5.75. The molecule has 92 valence electrons. The summed E-state index contributed by atoms with van der Waals surface area (Å²) in [7, 11) is 0. The zero-order valence-electron chi connectivity index (χ0n) is 10.00. The first-order chi connectivity index (χ1) is 8.20. The number of nitrogens with one attached hydrogen (secondary N) is 1. The number of hydrogen-bond acceptors (Lipinski definition) is 3. The SMILES string of the molecule is CCCNC(c1ccc(Br)o1)c1ccc(C)s1. The molecule has 0 aromatic carbocycles. The summed E-state index contributed by atoms with van der Waals surface area (Å²) in [4.78, 5) is 2.63. The van der Waals surface area contributed by atoms with Crippen molar-refractivity contribution in [2.75, 3.05) is 6.54 Å². The predicted molar refractivity (Wildman–Crippen MR) is 75.6 cm³/mol. The Bertz CT molecular complexity index is 437. The maximum atomic E-state index is 5.67. The van der Waals surface area contributed by atoms with Gasteiger partial charge in [0, 0.05) is 9.75 Å².